The first-order chi connectivity index (χ1) is 6.83. The molecule has 14 heavy (non-hydrogen) atoms. The molecule has 80 valence electrons. The molecule has 0 bridgehead atoms. The molecule has 4 heteroatoms. The third kappa shape index (κ3) is 1.71. The van der Waals surface area contributed by atoms with Gasteiger partial charge in [0.25, 0.3) is 0 Å². The van der Waals surface area contributed by atoms with Crippen molar-refractivity contribution in [3.8, 4) is 0 Å². The van der Waals surface area contributed by atoms with Crippen LogP contribution < -0.4 is 5.32 Å². The molecule has 0 aromatic rings. The van der Waals surface area contributed by atoms with Gasteiger partial charge in [-0.25, -0.2) is 4.79 Å². The van der Waals surface area contributed by atoms with E-state index < -0.39 is 0 Å². The molecule has 2 amide bonds. The fraction of sp³-hybridized carbons (Fsp3) is 0.900. The van der Waals surface area contributed by atoms with Gasteiger partial charge in [-0.15, -0.1) is 0 Å². The van der Waals surface area contributed by atoms with Crippen LogP contribution >= 0.6 is 0 Å². The Morgan fingerprint density at radius 3 is 2.79 bits per heavy atom. The molecule has 1 aliphatic carbocycles. The highest BCUT2D eigenvalue weighted by molar-refractivity contribution is 5.76. The van der Waals surface area contributed by atoms with Crippen molar-refractivity contribution in [1.29, 1.82) is 0 Å². The lowest BCUT2D eigenvalue weighted by Gasteiger charge is -2.27. The highest BCUT2D eigenvalue weighted by Crippen LogP contribution is 2.31. The summed E-state index contributed by atoms with van der Waals surface area (Å²) in [4.78, 5) is 13.2. The monoisotopic (exact) mass is 198 g/mol. The molecule has 2 N–H and O–H groups in total. The van der Waals surface area contributed by atoms with Crippen molar-refractivity contribution in [2.24, 2.45) is 5.92 Å². The van der Waals surface area contributed by atoms with Crippen LogP contribution in [0.2, 0.25) is 0 Å². The van der Waals surface area contributed by atoms with Crippen molar-refractivity contribution in [1.82, 2.24) is 10.2 Å². The number of carbonyl (C=O) groups excluding carboxylic acids is 1. The van der Waals surface area contributed by atoms with Crippen LogP contribution in [0.5, 0.6) is 0 Å². The number of urea groups is 1. The molecule has 1 saturated heterocycles. The van der Waals surface area contributed by atoms with Crippen LogP contribution in [0.1, 0.15) is 25.7 Å². The molecule has 2 rings (SSSR count). The zero-order chi connectivity index (χ0) is 9.97. The summed E-state index contributed by atoms with van der Waals surface area (Å²) in [5.41, 5.74) is 0. The van der Waals surface area contributed by atoms with Crippen LogP contribution in [0.4, 0.5) is 4.79 Å². The Bertz CT molecular complexity index is 214. The van der Waals surface area contributed by atoms with Gasteiger partial charge >= 0.3 is 6.03 Å². The number of aliphatic hydroxyl groups excluding tert-OH is 1. The van der Waals surface area contributed by atoms with Crippen LogP contribution in [-0.4, -0.2) is 41.8 Å². The number of nitrogens with zero attached hydrogens (tertiary/aromatic N) is 1. The summed E-state index contributed by atoms with van der Waals surface area (Å²) in [6, 6.07) is 0.327. The predicted octanol–water partition coefficient (Wildman–Crippen LogP) is 0.563. The molecular weight excluding hydrogens is 180 g/mol. The highest BCUT2D eigenvalue weighted by Gasteiger charge is 2.36. The lowest BCUT2D eigenvalue weighted by atomic mass is 9.98. The number of rotatable bonds is 3. The van der Waals surface area contributed by atoms with E-state index in [2.05, 4.69) is 5.32 Å². The summed E-state index contributed by atoms with van der Waals surface area (Å²) < 4.78 is 0. The molecule has 2 aliphatic rings. The maximum Gasteiger partial charge on any atom is 0.317 e. The first-order valence-electron chi connectivity index (χ1n) is 5.48. The van der Waals surface area contributed by atoms with Crippen molar-refractivity contribution in [2.75, 3.05) is 19.7 Å². The average Bonchev–Trinajstić information content (AvgIpc) is 2.77. The molecule has 1 unspecified atom stereocenters. The van der Waals surface area contributed by atoms with Crippen LogP contribution in [-0.2, 0) is 0 Å². The van der Waals surface area contributed by atoms with Gasteiger partial charge < -0.3 is 15.3 Å². The minimum atomic E-state index is -0.00375. The SMILES string of the molecule is O=C1NCC(C2CCCC2)N1CCO. The quantitative estimate of drug-likeness (QED) is 0.696. The Labute approximate surface area is 84.3 Å². The third-order valence-electron chi connectivity index (χ3n) is 3.41. The zero-order valence-corrected chi connectivity index (χ0v) is 8.41. The maximum absolute atomic E-state index is 11.4. The average molecular weight is 198 g/mol. The van der Waals surface area contributed by atoms with Gasteiger partial charge in [-0.3, -0.25) is 0 Å². The standard InChI is InChI=1S/C10H18N2O2/c13-6-5-12-9(7-11-10(12)14)8-3-1-2-4-8/h8-9,13H,1-7H2,(H,11,14). The van der Waals surface area contributed by atoms with Gasteiger partial charge in [0.1, 0.15) is 0 Å². The summed E-state index contributed by atoms with van der Waals surface area (Å²) in [5, 5.41) is 11.7. The molecule has 1 aliphatic heterocycles. The maximum atomic E-state index is 11.4. The lowest BCUT2D eigenvalue weighted by molar-refractivity contribution is 0.158. The fourth-order valence-corrected chi connectivity index (χ4v) is 2.69. The topological polar surface area (TPSA) is 52.6 Å². The van der Waals surface area contributed by atoms with Gasteiger partial charge in [-0.1, -0.05) is 12.8 Å². The molecule has 0 aromatic carbocycles. The Morgan fingerprint density at radius 2 is 2.14 bits per heavy atom. The van der Waals surface area contributed by atoms with Gasteiger partial charge in [-0.05, 0) is 18.8 Å². The Balaban J connectivity index is 1.98. The lowest BCUT2D eigenvalue weighted by Crippen LogP contribution is -2.40. The molecule has 0 aromatic heterocycles. The van der Waals surface area contributed by atoms with Gasteiger partial charge in [0, 0.05) is 13.1 Å². The van der Waals surface area contributed by atoms with E-state index in [-0.39, 0.29) is 12.6 Å². The van der Waals surface area contributed by atoms with E-state index in [0.717, 1.165) is 6.54 Å². The summed E-state index contributed by atoms with van der Waals surface area (Å²) in [5.74, 6) is 0.653. The van der Waals surface area contributed by atoms with Gasteiger partial charge in [-0.2, -0.15) is 0 Å². The molecule has 1 saturated carbocycles. The highest BCUT2D eigenvalue weighted by atomic mass is 16.3. The van der Waals surface area contributed by atoms with Gasteiger partial charge in [0.05, 0.1) is 12.6 Å². The molecule has 0 radical (unpaired) electrons. The van der Waals surface area contributed by atoms with E-state index in [1.54, 1.807) is 4.90 Å². The third-order valence-corrected chi connectivity index (χ3v) is 3.41. The van der Waals surface area contributed by atoms with E-state index in [9.17, 15) is 4.79 Å². The van der Waals surface area contributed by atoms with Crippen molar-refractivity contribution >= 4 is 6.03 Å². The summed E-state index contributed by atoms with van der Waals surface area (Å²) in [7, 11) is 0. The number of β-amino-alcohol motifs (C(OH)–C–C–N with tert-alkyl or cyclic N) is 1. The molecule has 4 nitrogen and oxygen atoms in total. The van der Waals surface area contributed by atoms with Crippen molar-refractivity contribution in [3.05, 3.63) is 0 Å². The molecule has 1 atom stereocenters. The summed E-state index contributed by atoms with van der Waals surface area (Å²) in [6.07, 6.45) is 5.06. The number of aliphatic hydroxyl groups is 1. The predicted molar refractivity (Wildman–Crippen MR) is 52.9 cm³/mol. The number of hydrogen-bond donors (Lipinski definition) is 2. The number of hydrogen-bond acceptors (Lipinski definition) is 2. The summed E-state index contributed by atoms with van der Waals surface area (Å²) >= 11 is 0. The first-order valence-corrected chi connectivity index (χ1v) is 5.48. The number of nitrogens with one attached hydrogen (secondary N) is 1. The Kier molecular flexibility index (Phi) is 2.91. The minimum Gasteiger partial charge on any atom is -0.395 e. The second-order valence-electron chi connectivity index (χ2n) is 4.21. The number of amides is 2. The van der Waals surface area contributed by atoms with Crippen LogP contribution in [0.3, 0.4) is 0 Å². The van der Waals surface area contributed by atoms with Crippen molar-refractivity contribution in [2.45, 2.75) is 31.7 Å². The van der Waals surface area contributed by atoms with Crippen LogP contribution in [0.15, 0.2) is 0 Å². The van der Waals surface area contributed by atoms with Crippen LogP contribution in [0.25, 0.3) is 0 Å². The van der Waals surface area contributed by atoms with E-state index in [1.807, 2.05) is 0 Å². The first kappa shape index (κ1) is 9.77. The zero-order valence-electron chi connectivity index (χ0n) is 8.41. The molecule has 1 heterocycles. The smallest absolute Gasteiger partial charge is 0.317 e. The van der Waals surface area contributed by atoms with Crippen molar-refractivity contribution < 1.29 is 9.90 Å². The van der Waals surface area contributed by atoms with Crippen LogP contribution in [0, 0.1) is 5.92 Å². The minimum absolute atomic E-state index is 0.00375. The largest absolute Gasteiger partial charge is 0.395 e. The summed E-state index contributed by atoms with van der Waals surface area (Å²) in [6.45, 7) is 1.31. The molecular formula is C10H18N2O2. The Hall–Kier alpha value is -0.770. The van der Waals surface area contributed by atoms with Gasteiger partial charge in [0.15, 0.2) is 0 Å². The second-order valence-corrected chi connectivity index (χ2v) is 4.21. The van der Waals surface area contributed by atoms with Crippen molar-refractivity contribution in [3.63, 3.8) is 0 Å². The number of carbonyl (C=O) groups is 1. The second kappa shape index (κ2) is 4.17. The van der Waals surface area contributed by atoms with E-state index in [4.69, 9.17) is 5.11 Å². The van der Waals surface area contributed by atoms with E-state index in [0.29, 0.717) is 18.5 Å². The van der Waals surface area contributed by atoms with Gasteiger partial charge in [0.2, 0.25) is 0 Å². The normalized spacial score (nSPS) is 28.5. The Morgan fingerprint density at radius 1 is 1.43 bits per heavy atom. The molecule has 0 spiro atoms. The molecule has 2 fully saturated rings. The van der Waals surface area contributed by atoms with E-state index in [1.165, 1.54) is 25.7 Å². The van der Waals surface area contributed by atoms with E-state index >= 15 is 0 Å². The fourth-order valence-electron chi connectivity index (χ4n) is 2.69.